The molecular formula is C17H34N2O. The van der Waals surface area contributed by atoms with E-state index in [1.54, 1.807) is 0 Å². The highest BCUT2D eigenvalue weighted by Crippen LogP contribution is 2.25. The fourth-order valence-corrected chi connectivity index (χ4v) is 3.72. The second-order valence-electron chi connectivity index (χ2n) is 6.76. The lowest BCUT2D eigenvalue weighted by molar-refractivity contribution is -0.00363. The van der Waals surface area contributed by atoms with Crippen LogP contribution >= 0.6 is 0 Å². The zero-order valence-corrected chi connectivity index (χ0v) is 13.7. The highest BCUT2D eigenvalue weighted by Gasteiger charge is 2.32. The Kier molecular flexibility index (Phi) is 6.79. The smallest absolute Gasteiger partial charge is 0.0587 e. The quantitative estimate of drug-likeness (QED) is 0.810. The molecule has 2 aliphatic heterocycles. The molecule has 4 unspecified atom stereocenters. The van der Waals surface area contributed by atoms with E-state index in [4.69, 9.17) is 4.74 Å². The van der Waals surface area contributed by atoms with Crippen LogP contribution in [0.2, 0.25) is 0 Å². The summed E-state index contributed by atoms with van der Waals surface area (Å²) in [4.78, 5) is 2.69. The molecule has 3 nitrogen and oxygen atoms in total. The first-order valence-electron chi connectivity index (χ1n) is 8.81. The van der Waals surface area contributed by atoms with E-state index < -0.39 is 0 Å². The van der Waals surface area contributed by atoms with E-state index in [0.717, 1.165) is 19.1 Å². The maximum absolute atomic E-state index is 5.87. The molecule has 118 valence electrons. The SMILES string of the molecule is CCCNC1CCN(CCC2CCCCO2)C(C)C1C. The van der Waals surface area contributed by atoms with Gasteiger partial charge in [0.2, 0.25) is 0 Å². The van der Waals surface area contributed by atoms with Crippen molar-refractivity contribution >= 4 is 0 Å². The maximum Gasteiger partial charge on any atom is 0.0587 e. The lowest BCUT2D eigenvalue weighted by Crippen LogP contribution is -2.53. The van der Waals surface area contributed by atoms with Crippen molar-refractivity contribution in [2.45, 2.75) is 77.5 Å². The molecule has 0 aliphatic carbocycles. The molecule has 0 saturated carbocycles. The van der Waals surface area contributed by atoms with Crippen molar-refractivity contribution in [2.75, 3.05) is 26.2 Å². The molecule has 2 saturated heterocycles. The van der Waals surface area contributed by atoms with E-state index in [9.17, 15) is 0 Å². The zero-order chi connectivity index (χ0) is 14.4. The number of hydrogen-bond acceptors (Lipinski definition) is 3. The van der Waals surface area contributed by atoms with Crippen LogP contribution in [-0.2, 0) is 4.74 Å². The number of ether oxygens (including phenoxy) is 1. The Balaban J connectivity index is 1.73. The largest absolute Gasteiger partial charge is 0.378 e. The van der Waals surface area contributed by atoms with Crippen LogP contribution < -0.4 is 5.32 Å². The summed E-state index contributed by atoms with van der Waals surface area (Å²) in [6.45, 7) is 11.7. The average molecular weight is 282 g/mol. The van der Waals surface area contributed by atoms with Gasteiger partial charge in [-0.1, -0.05) is 13.8 Å². The fraction of sp³-hybridized carbons (Fsp3) is 1.00. The summed E-state index contributed by atoms with van der Waals surface area (Å²) >= 11 is 0. The Morgan fingerprint density at radius 2 is 2.05 bits per heavy atom. The van der Waals surface area contributed by atoms with Crippen molar-refractivity contribution in [2.24, 2.45) is 5.92 Å². The molecule has 0 aromatic heterocycles. The van der Waals surface area contributed by atoms with Gasteiger partial charge in [-0.15, -0.1) is 0 Å². The van der Waals surface area contributed by atoms with Crippen LogP contribution in [0, 0.1) is 5.92 Å². The topological polar surface area (TPSA) is 24.5 Å². The molecule has 2 rings (SSSR count). The van der Waals surface area contributed by atoms with Crippen LogP contribution in [0.3, 0.4) is 0 Å². The molecule has 0 aromatic carbocycles. The lowest BCUT2D eigenvalue weighted by atomic mass is 9.86. The average Bonchev–Trinajstić information content (AvgIpc) is 2.49. The van der Waals surface area contributed by atoms with Crippen LogP contribution in [0.15, 0.2) is 0 Å². The van der Waals surface area contributed by atoms with E-state index >= 15 is 0 Å². The Hall–Kier alpha value is -0.120. The van der Waals surface area contributed by atoms with Gasteiger partial charge in [0.25, 0.3) is 0 Å². The number of hydrogen-bond donors (Lipinski definition) is 1. The first kappa shape index (κ1) is 16.3. The summed E-state index contributed by atoms with van der Waals surface area (Å²) in [5.74, 6) is 0.752. The van der Waals surface area contributed by atoms with Gasteiger partial charge in [-0.25, -0.2) is 0 Å². The van der Waals surface area contributed by atoms with Gasteiger partial charge in [-0.05, 0) is 64.5 Å². The molecule has 0 bridgehead atoms. The number of rotatable bonds is 6. The standard InChI is InChI=1S/C17H34N2O/c1-4-10-18-17-9-12-19(15(3)14(17)2)11-8-16-7-5-6-13-20-16/h14-18H,4-13H2,1-3H3. The predicted octanol–water partition coefficient (Wildman–Crippen LogP) is 3.04. The third kappa shape index (κ3) is 4.44. The van der Waals surface area contributed by atoms with Crippen LogP contribution in [0.1, 0.15) is 59.3 Å². The van der Waals surface area contributed by atoms with Gasteiger partial charge < -0.3 is 15.0 Å². The van der Waals surface area contributed by atoms with E-state index in [1.807, 2.05) is 0 Å². The third-order valence-corrected chi connectivity index (χ3v) is 5.37. The van der Waals surface area contributed by atoms with E-state index in [-0.39, 0.29) is 0 Å². The minimum Gasteiger partial charge on any atom is -0.378 e. The van der Waals surface area contributed by atoms with E-state index in [0.29, 0.717) is 18.2 Å². The number of nitrogens with one attached hydrogen (secondary N) is 1. The molecule has 3 heteroatoms. The van der Waals surface area contributed by atoms with E-state index in [2.05, 4.69) is 31.0 Å². The number of likely N-dealkylation sites (tertiary alicyclic amines) is 1. The second kappa shape index (κ2) is 8.35. The molecule has 1 N–H and O–H groups in total. The molecule has 0 amide bonds. The van der Waals surface area contributed by atoms with Crippen LogP contribution in [0.4, 0.5) is 0 Å². The van der Waals surface area contributed by atoms with Crippen LogP contribution in [0.5, 0.6) is 0 Å². The molecular weight excluding hydrogens is 248 g/mol. The van der Waals surface area contributed by atoms with Crippen molar-refractivity contribution in [3.8, 4) is 0 Å². The van der Waals surface area contributed by atoms with Crippen molar-refractivity contribution in [1.29, 1.82) is 0 Å². The Morgan fingerprint density at radius 3 is 2.75 bits per heavy atom. The maximum atomic E-state index is 5.87. The van der Waals surface area contributed by atoms with Gasteiger partial charge in [0, 0.05) is 25.2 Å². The summed E-state index contributed by atoms with van der Waals surface area (Å²) < 4.78 is 5.87. The highest BCUT2D eigenvalue weighted by atomic mass is 16.5. The minimum absolute atomic E-state index is 0.530. The van der Waals surface area contributed by atoms with Crippen molar-refractivity contribution in [3.05, 3.63) is 0 Å². The number of piperidine rings is 1. The van der Waals surface area contributed by atoms with E-state index in [1.165, 1.54) is 51.6 Å². The minimum atomic E-state index is 0.530. The summed E-state index contributed by atoms with van der Waals surface area (Å²) in [7, 11) is 0. The van der Waals surface area contributed by atoms with Gasteiger partial charge >= 0.3 is 0 Å². The molecule has 0 radical (unpaired) electrons. The number of nitrogens with zero attached hydrogens (tertiary/aromatic N) is 1. The monoisotopic (exact) mass is 282 g/mol. The summed E-state index contributed by atoms with van der Waals surface area (Å²) in [5, 5.41) is 3.73. The molecule has 20 heavy (non-hydrogen) atoms. The van der Waals surface area contributed by atoms with Gasteiger partial charge in [-0.2, -0.15) is 0 Å². The molecule has 0 aromatic rings. The molecule has 4 atom stereocenters. The highest BCUT2D eigenvalue weighted by molar-refractivity contribution is 4.88. The van der Waals surface area contributed by atoms with Gasteiger partial charge in [-0.3, -0.25) is 0 Å². The summed E-state index contributed by atoms with van der Waals surface area (Å²) in [6, 6.07) is 1.41. The van der Waals surface area contributed by atoms with Crippen molar-refractivity contribution < 1.29 is 4.74 Å². The summed E-state index contributed by atoms with van der Waals surface area (Å²) in [5.41, 5.74) is 0. The van der Waals surface area contributed by atoms with Crippen molar-refractivity contribution in [1.82, 2.24) is 10.2 Å². The summed E-state index contributed by atoms with van der Waals surface area (Å²) in [6.07, 6.45) is 8.19. The Bertz CT molecular complexity index is 266. The molecule has 2 aliphatic rings. The van der Waals surface area contributed by atoms with Gasteiger partial charge in [0.05, 0.1) is 6.10 Å². The van der Waals surface area contributed by atoms with Crippen LogP contribution in [0.25, 0.3) is 0 Å². The molecule has 2 fully saturated rings. The third-order valence-electron chi connectivity index (χ3n) is 5.37. The predicted molar refractivity (Wildman–Crippen MR) is 85.1 cm³/mol. The normalized spacial score (nSPS) is 36.1. The fourth-order valence-electron chi connectivity index (χ4n) is 3.72. The first-order valence-corrected chi connectivity index (χ1v) is 8.81. The van der Waals surface area contributed by atoms with Gasteiger partial charge in [0.15, 0.2) is 0 Å². The zero-order valence-electron chi connectivity index (χ0n) is 13.7. The molecule has 2 heterocycles. The Morgan fingerprint density at radius 1 is 1.20 bits per heavy atom. The van der Waals surface area contributed by atoms with Crippen LogP contribution in [-0.4, -0.2) is 49.3 Å². The van der Waals surface area contributed by atoms with Crippen molar-refractivity contribution in [3.63, 3.8) is 0 Å². The Labute approximate surface area is 125 Å². The lowest BCUT2D eigenvalue weighted by Gasteiger charge is -2.43. The second-order valence-corrected chi connectivity index (χ2v) is 6.76. The van der Waals surface area contributed by atoms with Gasteiger partial charge in [0.1, 0.15) is 0 Å². The molecule has 0 spiro atoms. The first-order chi connectivity index (χ1) is 9.72.